The number of hydrogen-bond acceptors (Lipinski definition) is 3. The van der Waals surface area contributed by atoms with Crippen molar-refractivity contribution in [2.75, 3.05) is 0 Å². The first kappa shape index (κ1) is 14.6. The molecule has 112 valence electrons. The zero-order valence-electron chi connectivity index (χ0n) is 11.8. The third-order valence-corrected chi connectivity index (χ3v) is 4.99. The van der Waals surface area contributed by atoms with Gasteiger partial charge >= 0.3 is 0 Å². The molecule has 0 bridgehead atoms. The molecule has 1 saturated carbocycles. The first-order chi connectivity index (χ1) is 10.3. The Morgan fingerprint density at radius 2 is 2.14 bits per heavy atom. The maximum absolute atomic E-state index is 13.2. The molecule has 1 heterocycles. The van der Waals surface area contributed by atoms with Crippen LogP contribution >= 0.6 is 11.8 Å². The summed E-state index contributed by atoms with van der Waals surface area (Å²) in [7, 11) is 0. The van der Waals surface area contributed by atoms with E-state index in [1.165, 1.54) is 18.9 Å². The molecule has 3 nitrogen and oxygen atoms in total. The van der Waals surface area contributed by atoms with E-state index in [0.717, 1.165) is 29.3 Å². The molecule has 0 saturated heterocycles. The summed E-state index contributed by atoms with van der Waals surface area (Å²) in [4.78, 5) is 4.44. The van der Waals surface area contributed by atoms with Crippen LogP contribution < -0.4 is 0 Å². The Balaban J connectivity index is 1.77. The predicted octanol–water partition coefficient (Wildman–Crippen LogP) is 3.92. The Labute approximate surface area is 128 Å². The van der Waals surface area contributed by atoms with Gasteiger partial charge in [0, 0.05) is 11.8 Å². The summed E-state index contributed by atoms with van der Waals surface area (Å²) in [6.07, 6.45) is 6.53. The van der Waals surface area contributed by atoms with Crippen LogP contribution in [0.2, 0.25) is 0 Å². The van der Waals surface area contributed by atoms with Crippen LogP contribution in [0.25, 0.3) is 0 Å². The van der Waals surface area contributed by atoms with E-state index in [9.17, 15) is 9.50 Å². The molecular weight excluding hydrogens is 287 g/mol. The van der Waals surface area contributed by atoms with Crippen molar-refractivity contribution in [1.29, 1.82) is 0 Å². The van der Waals surface area contributed by atoms with E-state index < -0.39 is 0 Å². The lowest BCUT2D eigenvalue weighted by Crippen LogP contribution is -2.10. The molecule has 1 aromatic heterocycles. The molecule has 0 unspecified atom stereocenters. The SMILES string of the molecule is OCc1cnc(SCc2cccc(F)c2)n1C1CCCC1. The number of aliphatic hydroxyl groups excluding tert-OH is 1. The second-order valence-corrected chi connectivity index (χ2v) is 6.36. The van der Waals surface area contributed by atoms with E-state index in [1.807, 2.05) is 6.07 Å². The Morgan fingerprint density at radius 3 is 2.86 bits per heavy atom. The van der Waals surface area contributed by atoms with Gasteiger partial charge in [-0.2, -0.15) is 0 Å². The van der Waals surface area contributed by atoms with Crippen LogP contribution in [0.4, 0.5) is 4.39 Å². The lowest BCUT2D eigenvalue weighted by molar-refractivity contribution is 0.263. The molecule has 1 aliphatic rings. The van der Waals surface area contributed by atoms with E-state index in [4.69, 9.17) is 0 Å². The average molecular weight is 306 g/mol. The molecule has 21 heavy (non-hydrogen) atoms. The molecule has 1 aromatic carbocycles. The number of aliphatic hydroxyl groups is 1. The number of imidazole rings is 1. The van der Waals surface area contributed by atoms with E-state index in [2.05, 4.69) is 9.55 Å². The van der Waals surface area contributed by atoms with Gasteiger partial charge in [-0.05, 0) is 30.5 Å². The number of rotatable bonds is 5. The van der Waals surface area contributed by atoms with Crippen LogP contribution in [0, 0.1) is 5.82 Å². The molecule has 0 aliphatic heterocycles. The molecule has 0 spiro atoms. The van der Waals surface area contributed by atoms with E-state index in [0.29, 0.717) is 11.8 Å². The molecule has 1 aliphatic carbocycles. The molecular formula is C16H19FN2OS. The standard InChI is InChI=1S/C16H19FN2OS/c17-13-5-3-4-12(8-13)11-21-16-18-9-15(10-20)19(16)14-6-1-2-7-14/h3-5,8-9,14,20H,1-2,6-7,10-11H2. The Kier molecular flexibility index (Phi) is 4.60. The van der Waals surface area contributed by atoms with E-state index in [1.54, 1.807) is 30.1 Å². The minimum atomic E-state index is -0.205. The second-order valence-electron chi connectivity index (χ2n) is 5.42. The Bertz CT molecular complexity index is 608. The van der Waals surface area contributed by atoms with Gasteiger partial charge in [0.15, 0.2) is 5.16 Å². The number of nitrogens with zero attached hydrogens (tertiary/aromatic N) is 2. The van der Waals surface area contributed by atoms with Crippen molar-refractivity contribution in [1.82, 2.24) is 9.55 Å². The van der Waals surface area contributed by atoms with Crippen molar-refractivity contribution in [2.45, 2.75) is 49.2 Å². The van der Waals surface area contributed by atoms with Crippen molar-refractivity contribution < 1.29 is 9.50 Å². The number of aromatic nitrogens is 2. The minimum Gasteiger partial charge on any atom is -0.390 e. The highest BCUT2D eigenvalue weighted by atomic mass is 32.2. The number of thioether (sulfide) groups is 1. The normalized spacial score (nSPS) is 15.7. The van der Waals surface area contributed by atoms with Crippen LogP contribution in [0.3, 0.4) is 0 Å². The third kappa shape index (κ3) is 3.30. The van der Waals surface area contributed by atoms with Gasteiger partial charge in [0.05, 0.1) is 18.5 Å². The maximum atomic E-state index is 13.2. The van der Waals surface area contributed by atoms with Gasteiger partial charge in [-0.3, -0.25) is 0 Å². The second kappa shape index (κ2) is 6.62. The van der Waals surface area contributed by atoms with Crippen LogP contribution in [0.15, 0.2) is 35.6 Å². The lowest BCUT2D eigenvalue weighted by Gasteiger charge is -2.17. The first-order valence-electron chi connectivity index (χ1n) is 7.32. The summed E-state index contributed by atoms with van der Waals surface area (Å²) >= 11 is 1.61. The summed E-state index contributed by atoms with van der Waals surface area (Å²) in [6, 6.07) is 7.12. The van der Waals surface area contributed by atoms with Gasteiger partial charge in [0.1, 0.15) is 5.82 Å². The molecule has 3 rings (SSSR count). The zero-order chi connectivity index (χ0) is 14.7. The van der Waals surface area contributed by atoms with Gasteiger partial charge in [0.2, 0.25) is 0 Å². The van der Waals surface area contributed by atoms with Gasteiger partial charge < -0.3 is 9.67 Å². The highest BCUT2D eigenvalue weighted by Crippen LogP contribution is 2.35. The summed E-state index contributed by atoms with van der Waals surface area (Å²) in [6.45, 7) is 0.0179. The van der Waals surface area contributed by atoms with Crippen molar-refractivity contribution in [3.63, 3.8) is 0 Å². The largest absolute Gasteiger partial charge is 0.390 e. The van der Waals surface area contributed by atoms with E-state index in [-0.39, 0.29) is 12.4 Å². The zero-order valence-corrected chi connectivity index (χ0v) is 12.7. The van der Waals surface area contributed by atoms with Crippen molar-refractivity contribution in [3.05, 3.63) is 47.5 Å². The quantitative estimate of drug-likeness (QED) is 0.851. The molecule has 0 amide bonds. The number of benzene rings is 1. The molecule has 1 fully saturated rings. The molecule has 1 N–H and O–H groups in total. The van der Waals surface area contributed by atoms with Crippen LogP contribution in [0.5, 0.6) is 0 Å². The molecule has 0 radical (unpaired) electrons. The summed E-state index contributed by atoms with van der Waals surface area (Å²) in [5, 5.41) is 10.4. The summed E-state index contributed by atoms with van der Waals surface area (Å²) in [5.74, 6) is 0.482. The van der Waals surface area contributed by atoms with Crippen molar-refractivity contribution >= 4 is 11.8 Å². The lowest BCUT2D eigenvalue weighted by atomic mass is 10.2. The third-order valence-electron chi connectivity index (χ3n) is 3.95. The number of halogens is 1. The smallest absolute Gasteiger partial charge is 0.168 e. The molecule has 5 heteroatoms. The highest BCUT2D eigenvalue weighted by molar-refractivity contribution is 7.98. The fraction of sp³-hybridized carbons (Fsp3) is 0.438. The van der Waals surface area contributed by atoms with Crippen LogP contribution in [0.1, 0.15) is 43.0 Å². The highest BCUT2D eigenvalue weighted by Gasteiger charge is 2.22. The Hall–Kier alpha value is -1.33. The van der Waals surface area contributed by atoms with Crippen molar-refractivity contribution in [2.24, 2.45) is 0 Å². The van der Waals surface area contributed by atoms with Crippen LogP contribution in [-0.2, 0) is 12.4 Å². The van der Waals surface area contributed by atoms with Gasteiger partial charge in [-0.1, -0.05) is 36.7 Å². The van der Waals surface area contributed by atoms with Gasteiger partial charge in [-0.15, -0.1) is 0 Å². The average Bonchev–Trinajstić information content (AvgIpc) is 3.13. The van der Waals surface area contributed by atoms with E-state index >= 15 is 0 Å². The first-order valence-corrected chi connectivity index (χ1v) is 8.30. The summed E-state index contributed by atoms with van der Waals surface area (Å²) < 4.78 is 15.4. The monoisotopic (exact) mass is 306 g/mol. The summed E-state index contributed by atoms with van der Waals surface area (Å²) in [5.41, 5.74) is 1.83. The topological polar surface area (TPSA) is 38.1 Å². The maximum Gasteiger partial charge on any atom is 0.168 e. The van der Waals surface area contributed by atoms with Gasteiger partial charge in [0.25, 0.3) is 0 Å². The van der Waals surface area contributed by atoms with Crippen LogP contribution in [-0.4, -0.2) is 14.7 Å². The molecule has 2 aromatic rings. The van der Waals surface area contributed by atoms with Gasteiger partial charge in [-0.25, -0.2) is 9.37 Å². The fourth-order valence-corrected chi connectivity index (χ4v) is 3.94. The fourth-order valence-electron chi connectivity index (χ4n) is 2.93. The van der Waals surface area contributed by atoms with Crippen molar-refractivity contribution in [3.8, 4) is 0 Å². The molecule has 0 atom stereocenters. The Morgan fingerprint density at radius 1 is 1.33 bits per heavy atom. The minimum absolute atomic E-state index is 0.0179. The number of hydrogen-bond donors (Lipinski definition) is 1. The predicted molar refractivity (Wildman–Crippen MR) is 81.6 cm³/mol.